The van der Waals surface area contributed by atoms with Gasteiger partial charge < -0.3 is 9.84 Å². The lowest BCUT2D eigenvalue weighted by atomic mass is 10.1. The molecule has 0 aromatic carbocycles. The molecule has 0 saturated carbocycles. The molecule has 5 nitrogen and oxygen atoms in total. The van der Waals surface area contributed by atoms with E-state index in [0.29, 0.717) is 6.04 Å². The molecule has 2 heterocycles. The summed E-state index contributed by atoms with van der Waals surface area (Å²) in [6.45, 7) is 5.10. The summed E-state index contributed by atoms with van der Waals surface area (Å²) >= 11 is 0. The molecule has 96 valence electrons. The predicted molar refractivity (Wildman–Crippen MR) is 65.7 cm³/mol. The van der Waals surface area contributed by atoms with Crippen LogP contribution in [-0.4, -0.2) is 41.2 Å². The first-order chi connectivity index (χ1) is 8.29. The van der Waals surface area contributed by atoms with E-state index in [1.807, 2.05) is 0 Å². The summed E-state index contributed by atoms with van der Waals surface area (Å²) in [5.74, 6) is 1.57. The zero-order chi connectivity index (χ0) is 12.1. The summed E-state index contributed by atoms with van der Waals surface area (Å²) in [5, 5.41) is 7.44. The number of aryl methyl sites for hydroxylation is 1. The third-order valence-electron chi connectivity index (χ3n) is 3.26. The fraction of sp³-hybridized carbons (Fsp3) is 0.833. The summed E-state index contributed by atoms with van der Waals surface area (Å²) < 4.78 is 5.19. The van der Waals surface area contributed by atoms with Crippen LogP contribution in [-0.2, 0) is 13.0 Å². The lowest BCUT2D eigenvalue weighted by Gasteiger charge is -2.30. The van der Waals surface area contributed by atoms with Crippen LogP contribution in [0.15, 0.2) is 4.52 Å². The van der Waals surface area contributed by atoms with Gasteiger partial charge in [-0.1, -0.05) is 12.1 Å². The zero-order valence-corrected chi connectivity index (χ0v) is 10.8. The number of piperidine rings is 1. The quantitative estimate of drug-likeness (QED) is 0.835. The Morgan fingerprint density at radius 2 is 2.41 bits per heavy atom. The van der Waals surface area contributed by atoms with E-state index in [0.717, 1.165) is 44.2 Å². The molecule has 0 aliphatic carbocycles. The Balaban J connectivity index is 1.85. The molecule has 17 heavy (non-hydrogen) atoms. The van der Waals surface area contributed by atoms with Gasteiger partial charge in [0.2, 0.25) is 5.89 Å². The predicted octanol–water partition coefficient (Wildman–Crippen LogP) is 1.21. The van der Waals surface area contributed by atoms with Crippen molar-refractivity contribution >= 4 is 0 Å². The lowest BCUT2D eigenvalue weighted by molar-refractivity contribution is 0.189. The van der Waals surface area contributed by atoms with E-state index in [4.69, 9.17) is 4.52 Å². The first-order valence-corrected chi connectivity index (χ1v) is 6.52. The van der Waals surface area contributed by atoms with Gasteiger partial charge in [0.15, 0.2) is 5.82 Å². The maximum absolute atomic E-state index is 5.19. The van der Waals surface area contributed by atoms with Crippen LogP contribution in [0.4, 0.5) is 0 Å². The van der Waals surface area contributed by atoms with Crippen LogP contribution in [0, 0.1) is 0 Å². The maximum atomic E-state index is 5.19. The average Bonchev–Trinajstić information content (AvgIpc) is 2.78. The summed E-state index contributed by atoms with van der Waals surface area (Å²) in [7, 11) is 2.13. The molecule has 1 aliphatic rings. The molecule has 0 radical (unpaired) electrons. The van der Waals surface area contributed by atoms with Gasteiger partial charge in [-0.25, -0.2) is 0 Å². The van der Waals surface area contributed by atoms with E-state index < -0.39 is 0 Å². The number of nitrogens with one attached hydrogen (secondary N) is 1. The molecule has 1 N–H and O–H groups in total. The Kier molecular flexibility index (Phi) is 4.50. The molecule has 1 atom stereocenters. The van der Waals surface area contributed by atoms with Crippen LogP contribution in [0.1, 0.15) is 37.9 Å². The Bertz CT molecular complexity index is 333. The molecular formula is C12H22N4O. The number of nitrogens with zero attached hydrogens (tertiary/aromatic N) is 3. The second-order valence-corrected chi connectivity index (χ2v) is 4.77. The van der Waals surface area contributed by atoms with Gasteiger partial charge in [-0.05, 0) is 32.9 Å². The fourth-order valence-corrected chi connectivity index (χ4v) is 2.23. The smallest absolute Gasteiger partial charge is 0.226 e. The Morgan fingerprint density at radius 3 is 3.12 bits per heavy atom. The van der Waals surface area contributed by atoms with E-state index in [9.17, 15) is 0 Å². The summed E-state index contributed by atoms with van der Waals surface area (Å²) in [5.41, 5.74) is 0. The number of aromatic nitrogens is 2. The zero-order valence-electron chi connectivity index (χ0n) is 10.8. The highest BCUT2D eigenvalue weighted by Crippen LogP contribution is 2.11. The first-order valence-electron chi connectivity index (χ1n) is 6.52. The van der Waals surface area contributed by atoms with Crippen molar-refractivity contribution in [3.05, 3.63) is 11.7 Å². The second kappa shape index (κ2) is 6.12. The van der Waals surface area contributed by atoms with E-state index >= 15 is 0 Å². The molecule has 1 aromatic rings. The number of hydrogen-bond donors (Lipinski definition) is 1. The molecule has 1 unspecified atom stereocenters. The van der Waals surface area contributed by atoms with Gasteiger partial charge in [-0.3, -0.25) is 4.90 Å². The van der Waals surface area contributed by atoms with Gasteiger partial charge >= 0.3 is 0 Å². The lowest BCUT2D eigenvalue weighted by Crippen LogP contribution is -2.43. The van der Waals surface area contributed by atoms with Gasteiger partial charge in [0.25, 0.3) is 0 Å². The summed E-state index contributed by atoms with van der Waals surface area (Å²) in [6, 6.07) is 0.594. The van der Waals surface area contributed by atoms with Gasteiger partial charge in [0.1, 0.15) is 0 Å². The Morgan fingerprint density at radius 1 is 1.53 bits per heavy atom. The second-order valence-electron chi connectivity index (χ2n) is 4.77. The highest BCUT2D eigenvalue weighted by Gasteiger charge is 2.19. The molecule has 0 bridgehead atoms. The number of rotatable bonds is 5. The standard InChI is InChI=1S/C12H22N4O/c1-3-5-12-14-11(15-17-12)9-16(2)10-6-4-7-13-8-10/h10,13H,3-9H2,1-2H3. The minimum atomic E-state index is 0.594. The van der Waals surface area contributed by atoms with Crippen LogP contribution >= 0.6 is 0 Å². The monoisotopic (exact) mass is 238 g/mol. The highest BCUT2D eigenvalue weighted by molar-refractivity contribution is 4.88. The molecule has 1 aromatic heterocycles. The van der Waals surface area contributed by atoms with Crippen molar-refractivity contribution in [3.8, 4) is 0 Å². The van der Waals surface area contributed by atoms with Crippen molar-refractivity contribution in [1.82, 2.24) is 20.4 Å². The molecule has 0 spiro atoms. The molecule has 1 aliphatic heterocycles. The fourth-order valence-electron chi connectivity index (χ4n) is 2.23. The minimum Gasteiger partial charge on any atom is -0.339 e. The molecule has 0 amide bonds. The third kappa shape index (κ3) is 3.51. The van der Waals surface area contributed by atoms with Crippen LogP contribution < -0.4 is 5.32 Å². The Labute approximate surface area is 103 Å². The van der Waals surface area contributed by atoms with E-state index in [2.05, 4.69) is 34.3 Å². The van der Waals surface area contributed by atoms with Gasteiger partial charge in [-0.2, -0.15) is 4.98 Å². The molecule has 1 saturated heterocycles. The van der Waals surface area contributed by atoms with Crippen molar-refractivity contribution in [2.24, 2.45) is 0 Å². The number of hydrogen-bond acceptors (Lipinski definition) is 5. The summed E-state index contributed by atoms with van der Waals surface area (Å²) in [4.78, 5) is 6.71. The highest BCUT2D eigenvalue weighted by atomic mass is 16.5. The largest absolute Gasteiger partial charge is 0.339 e. The molecule has 5 heteroatoms. The van der Waals surface area contributed by atoms with Crippen molar-refractivity contribution in [2.45, 2.75) is 45.2 Å². The normalized spacial score (nSPS) is 21.0. The van der Waals surface area contributed by atoms with Crippen molar-refractivity contribution in [2.75, 3.05) is 20.1 Å². The van der Waals surface area contributed by atoms with E-state index in [-0.39, 0.29) is 0 Å². The van der Waals surface area contributed by atoms with Crippen LogP contribution in [0.3, 0.4) is 0 Å². The SMILES string of the molecule is CCCc1nc(CN(C)C2CCCNC2)no1. The van der Waals surface area contributed by atoms with Gasteiger partial charge in [0, 0.05) is 19.0 Å². The summed E-state index contributed by atoms with van der Waals surface area (Å²) in [6.07, 6.45) is 4.43. The van der Waals surface area contributed by atoms with Gasteiger partial charge in [-0.15, -0.1) is 0 Å². The van der Waals surface area contributed by atoms with Crippen LogP contribution in [0.5, 0.6) is 0 Å². The van der Waals surface area contributed by atoms with Crippen molar-refractivity contribution in [1.29, 1.82) is 0 Å². The average molecular weight is 238 g/mol. The molecular weight excluding hydrogens is 216 g/mol. The molecule has 2 rings (SSSR count). The van der Waals surface area contributed by atoms with Crippen LogP contribution in [0.25, 0.3) is 0 Å². The first kappa shape index (κ1) is 12.5. The minimum absolute atomic E-state index is 0.594. The van der Waals surface area contributed by atoms with Gasteiger partial charge in [0.05, 0.1) is 6.54 Å². The third-order valence-corrected chi connectivity index (χ3v) is 3.26. The van der Waals surface area contributed by atoms with Crippen molar-refractivity contribution < 1.29 is 4.52 Å². The topological polar surface area (TPSA) is 54.2 Å². The van der Waals surface area contributed by atoms with E-state index in [1.54, 1.807) is 0 Å². The van der Waals surface area contributed by atoms with Crippen LogP contribution in [0.2, 0.25) is 0 Å². The number of likely N-dealkylation sites (N-methyl/N-ethyl adjacent to an activating group) is 1. The van der Waals surface area contributed by atoms with E-state index in [1.165, 1.54) is 12.8 Å². The van der Waals surface area contributed by atoms with Crippen molar-refractivity contribution in [3.63, 3.8) is 0 Å². The Hall–Kier alpha value is -0.940. The maximum Gasteiger partial charge on any atom is 0.226 e. The molecule has 1 fully saturated rings.